The molecule has 3 aromatic rings. The highest BCUT2D eigenvalue weighted by Gasteiger charge is 2.37. The van der Waals surface area contributed by atoms with Crippen molar-refractivity contribution in [3.8, 4) is 5.75 Å². The van der Waals surface area contributed by atoms with E-state index in [1.165, 1.54) is 0 Å². The molecule has 1 saturated carbocycles. The Hall–Kier alpha value is -2.19. The van der Waals surface area contributed by atoms with Crippen LogP contribution in [-0.4, -0.2) is 28.5 Å². The van der Waals surface area contributed by atoms with Crippen LogP contribution < -0.4 is 14.8 Å². The molecule has 0 aliphatic heterocycles. The van der Waals surface area contributed by atoms with Gasteiger partial charge >= 0.3 is 0 Å². The molecule has 0 radical (unpaired) electrons. The zero-order valence-electron chi connectivity index (χ0n) is 17.1. The van der Waals surface area contributed by atoms with Gasteiger partial charge in [-0.25, -0.2) is 8.93 Å². The Labute approximate surface area is 179 Å². The smallest absolute Gasteiger partial charge is 0.231 e. The molecule has 2 aromatic carbocycles. The molecule has 1 aliphatic rings. The summed E-state index contributed by atoms with van der Waals surface area (Å²) in [5.74, 6) is 1.75. The average molecular weight is 429 g/mol. The Morgan fingerprint density at radius 3 is 2.70 bits per heavy atom. The zero-order chi connectivity index (χ0) is 21.0. The van der Waals surface area contributed by atoms with Gasteiger partial charge in [0, 0.05) is 23.4 Å². The van der Waals surface area contributed by atoms with Crippen LogP contribution in [0, 0.1) is 0 Å². The number of hydrogen-bond acceptors (Lipinski definition) is 4. The van der Waals surface area contributed by atoms with Crippen molar-refractivity contribution in [3.63, 3.8) is 0 Å². The molecule has 0 amide bonds. The molecule has 0 bridgehead atoms. The largest absolute Gasteiger partial charge is 0.497 e. The summed E-state index contributed by atoms with van der Waals surface area (Å²) in [4.78, 5) is 0. The quantitative estimate of drug-likeness (QED) is 0.470. The van der Waals surface area contributed by atoms with E-state index in [9.17, 15) is 8.76 Å². The lowest BCUT2D eigenvalue weighted by atomic mass is 9.68. The maximum absolute atomic E-state index is 11.3. The minimum absolute atomic E-state index is 0.190. The van der Waals surface area contributed by atoms with E-state index in [-0.39, 0.29) is 5.41 Å². The number of nitrogens with one attached hydrogen (secondary N) is 2. The number of para-hydroxylation sites is 1. The molecule has 0 spiro atoms. The van der Waals surface area contributed by atoms with E-state index in [1.54, 1.807) is 7.11 Å². The lowest BCUT2D eigenvalue weighted by molar-refractivity contribution is 0.242. The number of rotatable bonds is 8. The van der Waals surface area contributed by atoms with Gasteiger partial charge < -0.3 is 14.5 Å². The molecule has 7 heteroatoms. The monoisotopic (exact) mass is 428 g/mol. The van der Waals surface area contributed by atoms with Crippen LogP contribution in [0.3, 0.4) is 0 Å². The van der Waals surface area contributed by atoms with Gasteiger partial charge in [0.15, 0.2) is 0 Å². The Balaban J connectivity index is 1.42. The van der Waals surface area contributed by atoms with E-state index < -0.39 is 11.3 Å². The molecule has 1 atom stereocenters. The Kier molecular flexibility index (Phi) is 6.53. The van der Waals surface area contributed by atoms with E-state index in [0.29, 0.717) is 19.1 Å². The summed E-state index contributed by atoms with van der Waals surface area (Å²) in [6, 6.07) is 18.6. The van der Waals surface area contributed by atoms with Gasteiger partial charge in [0.25, 0.3) is 0 Å². The first kappa shape index (κ1) is 21.1. The molecule has 160 valence electrons. The fourth-order valence-corrected chi connectivity index (χ4v) is 4.86. The van der Waals surface area contributed by atoms with Crippen LogP contribution in [0.2, 0.25) is 0 Å². The molecule has 1 unspecified atom stereocenters. The van der Waals surface area contributed by atoms with Crippen molar-refractivity contribution in [2.24, 2.45) is 0 Å². The Bertz CT molecular complexity index is 978. The third kappa shape index (κ3) is 4.75. The number of benzene rings is 2. The van der Waals surface area contributed by atoms with Crippen LogP contribution in [0.1, 0.15) is 37.0 Å². The lowest BCUT2D eigenvalue weighted by Gasteiger charge is -2.41. The van der Waals surface area contributed by atoms with Crippen molar-refractivity contribution < 1.29 is 17.9 Å². The standard InChI is InChI=1S/C23H28N2O4S/c1-28-20-7-4-6-18(14-20)23(16-25-30(26)27)11-9-19(10-12-23)24-15-21-13-17-5-2-3-8-22(17)29-21/h2-8,13-14,19,24-25H,9-12,15-16H2,1H3,(H,26,27). The van der Waals surface area contributed by atoms with Gasteiger partial charge in [0.1, 0.15) is 17.1 Å². The molecule has 0 saturated heterocycles. The number of fused-ring (bicyclic) bond motifs is 1. The normalized spacial score (nSPS) is 22.8. The third-order valence-corrected chi connectivity index (χ3v) is 6.59. The van der Waals surface area contributed by atoms with Crippen LogP contribution in [0.5, 0.6) is 5.75 Å². The van der Waals surface area contributed by atoms with E-state index in [1.807, 2.05) is 36.4 Å². The number of methoxy groups -OCH3 is 1. The summed E-state index contributed by atoms with van der Waals surface area (Å²) in [6.07, 6.45) is 3.80. The fourth-order valence-electron chi connectivity index (χ4n) is 4.46. The summed E-state index contributed by atoms with van der Waals surface area (Å²) >= 11 is -2.03. The van der Waals surface area contributed by atoms with Crippen LogP contribution >= 0.6 is 0 Å². The second-order valence-corrected chi connectivity index (χ2v) is 8.78. The number of hydrogen-bond donors (Lipinski definition) is 3. The van der Waals surface area contributed by atoms with Crippen LogP contribution in [0.15, 0.2) is 59.0 Å². The van der Waals surface area contributed by atoms with Crippen LogP contribution in [0.4, 0.5) is 0 Å². The molecule has 1 heterocycles. The van der Waals surface area contributed by atoms with Crippen molar-refractivity contribution in [1.82, 2.24) is 10.0 Å². The molecule has 3 N–H and O–H groups in total. The molecular weight excluding hydrogens is 400 g/mol. The Morgan fingerprint density at radius 2 is 1.97 bits per heavy atom. The van der Waals surface area contributed by atoms with Crippen molar-refractivity contribution in [2.45, 2.75) is 43.7 Å². The fraction of sp³-hybridized carbons (Fsp3) is 0.391. The first-order valence-electron chi connectivity index (χ1n) is 10.3. The minimum atomic E-state index is -2.03. The van der Waals surface area contributed by atoms with Gasteiger partial charge in [-0.1, -0.05) is 30.3 Å². The van der Waals surface area contributed by atoms with Crippen molar-refractivity contribution in [1.29, 1.82) is 0 Å². The van der Waals surface area contributed by atoms with Crippen molar-refractivity contribution in [3.05, 3.63) is 65.9 Å². The van der Waals surface area contributed by atoms with Crippen LogP contribution in [0.25, 0.3) is 11.0 Å². The molecule has 1 aromatic heterocycles. The summed E-state index contributed by atoms with van der Waals surface area (Å²) in [5.41, 5.74) is 1.87. The topological polar surface area (TPSA) is 83.7 Å². The summed E-state index contributed by atoms with van der Waals surface area (Å²) in [5, 5.41) is 4.75. The Morgan fingerprint density at radius 1 is 1.17 bits per heavy atom. The summed E-state index contributed by atoms with van der Waals surface area (Å²) < 4.78 is 34.6. The molecule has 6 nitrogen and oxygen atoms in total. The maximum Gasteiger partial charge on any atom is 0.231 e. The summed E-state index contributed by atoms with van der Waals surface area (Å²) in [6.45, 7) is 1.16. The highest BCUT2D eigenvalue weighted by Crippen LogP contribution is 2.40. The average Bonchev–Trinajstić information content (AvgIpc) is 3.20. The van der Waals surface area contributed by atoms with Crippen LogP contribution in [-0.2, 0) is 23.2 Å². The lowest BCUT2D eigenvalue weighted by Crippen LogP contribution is -2.45. The van der Waals surface area contributed by atoms with E-state index >= 15 is 0 Å². The highest BCUT2D eigenvalue weighted by atomic mass is 32.2. The zero-order valence-corrected chi connectivity index (χ0v) is 17.9. The van der Waals surface area contributed by atoms with E-state index in [2.05, 4.69) is 28.2 Å². The first-order chi connectivity index (χ1) is 14.6. The molecular formula is C23H28N2O4S. The van der Waals surface area contributed by atoms with Gasteiger partial charge in [-0.3, -0.25) is 4.55 Å². The summed E-state index contributed by atoms with van der Waals surface area (Å²) in [7, 11) is 1.66. The van der Waals surface area contributed by atoms with Gasteiger partial charge in [0.05, 0.1) is 13.7 Å². The van der Waals surface area contributed by atoms with Gasteiger partial charge in [0.2, 0.25) is 11.3 Å². The van der Waals surface area contributed by atoms with E-state index in [0.717, 1.165) is 53.7 Å². The predicted octanol–water partition coefficient (Wildman–Crippen LogP) is 4.14. The van der Waals surface area contributed by atoms with Crippen molar-refractivity contribution in [2.75, 3.05) is 13.7 Å². The second kappa shape index (κ2) is 9.31. The highest BCUT2D eigenvalue weighted by molar-refractivity contribution is 7.77. The third-order valence-electron chi connectivity index (χ3n) is 6.20. The van der Waals surface area contributed by atoms with Crippen molar-refractivity contribution >= 4 is 22.2 Å². The molecule has 30 heavy (non-hydrogen) atoms. The van der Waals surface area contributed by atoms with Gasteiger partial charge in [-0.05, 0) is 55.5 Å². The van der Waals surface area contributed by atoms with Gasteiger partial charge in [-0.2, -0.15) is 0 Å². The molecule has 1 fully saturated rings. The second-order valence-electron chi connectivity index (χ2n) is 7.99. The minimum Gasteiger partial charge on any atom is -0.497 e. The molecule has 4 rings (SSSR count). The SMILES string of the molecule is COc1cccc(C2(CNS(=O)O)CCC(NCc3cc4ccccc4o3)CC2)c1. The number of furan rings is 1. The number of ether oxygens (including phenoxy) is 1. The maximum atomic E-state index is 11.3. The first-order valence-corrected chi connectivity index (χ1v) is 11.4. The van der Waals surface area contributed by atoms with Gasteiger partial charge in [-0.15, -0.1) is 0 Å². The van der Waals surface area contributed by atoms with E-state index in [4.69, 9.17) is 9.15 Å². The predicted molar refractivity (Wildman–Crippen MR) is 119 cm³/mol. The molecule has 1 aliphatic carbocycles.